The summed E-state index contributed by atoms with van der Waals surface area (Å²) in [5.74, 6) is 11.9. The van der Waals surface area contributed by atoms with Crippen LogP contribution in [0, 0.1) is 0 Å². The van der Waals surface area contributed by atoms with Crippen LogP contribution in [0.5, 0.6) is 34.5 Å². The molecule has 3 aliphatic heterocycles. The first-order chi connectivity index (χ1) is 13.7. The van der Waals surface area contributed by atoms with E-state index in [2.05, 4.69) is 58.8 Å². The summed E-state index contributed by atoms with van der Waals surface area (Å²) in [7, 11) is 0. The molecule has 0 fully saturated rings. The number of rotatable bonds is 3. The van der Waals surface area contributed by atoms with Gasteiger partial charge in [0.25, 0.3) is 0 Å². The summed E-state index contributed by atoms with van der Waals surface area (Å²) in [6, 6.07) is 13.0. The Morgan fingerprint density at radius 1 is 0.500 bits per heavy atom. The average Bonchev–Trinajstić information content (AvgIpc) is 2.72. The van der Waals surface area contributed by atoms with Crippen molar-refractivity contribution >= 4 is 75.3 Å². The normalized spacial score (nSPS) is 14.0. The van der Waals surface area contributed by atoms with Gasteiger partial charge >= 0.3 is 183 Å². The molecular weight excluding hydrogens is 551 g/mol. The van der Waals surface area contributed by atoms with Crippen LogP contribution in [-0.4, -0.2) is 44.9 Å². The van der Waals surface area contributed by atoms with E-state index in [4.69, 9.17) is 14.2 Å². The summed E-state index contributed by atoms with van der Waals surface area (Å²) in [5.41, 5.74) is 2.97. The van der Waals surface area contributed by atoms with Gasteiger partial charge in [0.05, 0.1) is 0 Å². The van der Waals surface area contributed by atoms with Gasteiger partial charge in [-0.15, -0.1) is 0 Å². The van der Waals surface area contributed by atoms with Gasteiger partial charge in [0.15, 0.2) is 0 Å². The Labute approximate surface area is 182 Å². The Kier molecular flexibility index (Phi) is 3.83. The number of nitrogens with zero attached hydrogens (tertiary/aromatic N) is 1. The van der Waals surface area contributed by atoms with Gasteiger partial charge < -0.3 is 0 Å². The van der Waals surface area contributed by atoms with Crippen LogP contribution in [0.3, 0.4) is 0 Å². The standard InChI is InChI=1S/C21H15NO3Se3/c1-26-10-4-13-19-14(5-10)24-16-7-12(28-3)9-18-21(16)22(19)20-15(23-13)6-11(27-2)8-17(20)25-18/h4-9H,1-3H3. The van der Waals surface area contributed by atoms with Crippen molar-refractivity contribution in [3.05, 3.63) is 36.4 Å². The maximum atomic E-state index is 6.40. The van der Waals surface area contributed by atoms with E-state index in [1.54, 1.807) is 0 Å². The van der Waals surface area contributed by atoms with E-state index in [0.717, 1.165) is 51.6 Å². The summed E-state index contributed by atoms with van der Waals surface area (Å²) >= 11 is 1.09. The molecule has 3 aromatic rings. The van der Waals surface area contributed by atoms with Gasteiger partial charge in [-0.2, -0.15) is 0 Å². The molecule has 0 saturated heterocycles. The summed E-state index contributed by atoms with van der Waals surface area (Å²) < 4.78 is 23.0. The molecule has 0 radical (unpaired) electrons. The van der Waals surface area contributed by atoms with Crippen molar-refractivity contribution in [1.29, 1.82) is 0 Å². The predicted molar refractivity (Wildman–Crippen MR) is 115 cm³/mol. The summed E-state index contributed by atoms with van der Waals surface area (Å²) in [6.07, 6.45) is 0. The fourth-order valence-electron chi connectivity index (χ4n) is 3.85. The van der Waals surface area contributed by atoms with Crippen molar-refractivity contribution in [3.63, 3.8) is 0 Å². The SMILES string of the molecule is C[Se]c1cc2c3c(c1)Oc1cc([Se]C)cc4c1N3c1c(cc([Se]C)cc1O4)O2. The quantitative estimate of drug-likeness (QED) is 0.307. The van der Waals surface area contributed by atoms with Crippen molar-refractivity contribution in [2.24, 2.45) is 0 Å². The number of hydrogen-bond donors (Lipinski definition) is 0. The number of benzene rings is 3. The number of anilines is 3. The summed E-state index contributed by atoms with van der Waals surface area (Å²) in [5, 5.41) is 0. The fourth-order valence-corrected chi connectivity index (χ4v) is 6.68. The molecule has 0 spiro atoms. The molecule has 0 bridgehead atoms. The van der Waals surface area contributed by atoms with Gasteiger partial charge in [0, 0.05) is 0 Å². The zero-order chi connectivity index (χ0) is 19.0. The van der Waals surface area contributed by atoms with Crippen LogP contribution >= 0.6 is 0 Å². The molecule has 0 aromatic heterocycles. The Hall–Kier alpha value is -1.58. The first-order valence-electron chi connectivity index (χ1n) is 8.70. The van der Waals surface area contributed by atoms with Crippen molar-refractivity contribution < 1.29 is 14.2 Å². The van der Waals surface area contributed by atoms with E-state index in [0.29, 0.717) is 44.9 Å². The summed E-state index contributed by atoms with van der Waals surface area (Å²) in [4.78, 5) is 2.29. The van der Waals surface area contributed by atoms with E-state index < -0.39 is 0 Å². The third-order valence-electron chi connectivity index (χ3n) is 5.08. The van der Waals surface area contributed by atoms with Crippen LogP contribution in [0.1, 0.15) is 0 Å². The third kappa shape index (κ3) is 2.29. The topological polar surface area (TPSA) is 30.9 Å². The average molecular weight is 566 g/mol. The van der Waals surface area contributed by atoms with Crippen LogP contribution in [0.4, 0.5) is 17.1 Å². The first kappa shape index (κ1) is 17.3. The molecule has 0 amide bonds. The molecule has 0 N–H and O–H groups in total. The minimum atomic E-state index is 0.364. The van der Waals surface area contributed by atoms with E-state index >= 15 is 0 Å². The molecule has 6 rings (SSSR count). The molecule has 0 saturated carbocycles. The first-order valence-corrected chi connectivity index (χ1v) is 16.4. The zero-order valence-corrected chi connectivity index (χ0v) is 20.5. The molecule has 4 nitrogen and oxygen atoms in total. The van der Waals surface area contributed by atoms with Gasteiger partial charge in [0.1, 0.15) is 0 Å². The van der Waals surface area contributed by atoms with Crippen LogP contribution in [-0.2, 0) is 0 Å². The monoisotopic (exact) mass is 569 g/mol. The molecule has 7 heteroatoms. The number of hydrogen-bond acceptors (Lipinski definition) is 4. The maximum absolute atomic E-state index is 6.40. The Morgan fingerprint density at radius 3 is 0.964 bits per heavy atom. The molecule has 3 aromatic carbocycles. The Balaban J connectivity index is 1.71. The second-order valence-electron chi connectivity index (χ2n) is 6.56. The van der Waals surface area contributed by atoms with Crippen molar-refractivity contribution in [2.75, 3.05) is 4.90 Å². The van der Waals surface area contributed by atoms with Crippen molar-refractivity contribution in [2.45, 2.75) is 17.5 Å². The van der Waals surface area contributed by atoms with Gasteiger partial charge in [-0.05, 0) is 0 Å². The Morgan fingerprint density at radius 2 is 0.750 bits per heavy atom. The van der Waals surface area contributed by atoms with Crippen LogP contribution in [0.25, 0.3) is 0 Å². The van der Waals surface area contributed by atoms with Gasteiger partial charge in [0.2, 0.25) is 0 Å². The fraction of sp³-hybridized carbons (Fsp3) is 0.143. The van der Waals surface area contributed by atoms with Crippen molar-refractivity contribution in [3.8, 4) is 34.5 Å². The van der Waals surface area contributed by atoms with Crippen LogP contribution in [0.2, 0.25) is 17.5 Å². The molecular formula is C21H15NO3Se3. The second-order valence-corrected chi connectivity index (χ2v) is 12.1. The van der Waals surface area contributed by atoms with Crippen LogP contribution in [0.15, 0.2) is 36.4 Å². The molecule has 3 heterocycles. The molecule has 0 atom stereocenters. The summed E-state index contributed by atoms with van der Waals surface area (Å²) in [6.45, 7) is 0. The van der Waals surface area contributed by atoms with E-state index in [9.17, 15) is 0 Å². The zero-order valence-electron chi connectivity index (χ0n) is 15.4. The number of ether oxygens (including phenoxy) is 3. The minimum absolute atomic E-state index is 0.364. The van der Waals surface area contributed by atoms with Crippen LogP contribution < -0.4 is 32.5 Å². The molecule has 140 valence electrons. The Bertz CT molecular complexity index is 962. The van der Waals surface area contributed by atoms with E-state index in [1.165, 1.54) is 13.4 Å². The van der Waals surface area contributed by atoms with Gasteiger partial charge in [-0.3, -0.25) is 0 Å². The van der Waals surface area contributed by atoms with Crippen molar-refractivity contribution in [1.82, 2.24) is 0 Å². The molecule has 0 unspecified atom stereocenters. The van der Waals surface area contributed by atoms with E-state index in [-0.39, 0.29) is 0 Å². The second kappa shape index (κ2) is 6.21. The predicted octanol–water partition coefficient (Wildman–Crippen LogP) is 3.61. The van der Waals surface area contributed by atoms with E-state index in [1.807, 2.05) is 0 Å². The van der Waals surface area contributed by atoms with Gasteiger partial charge in [-0.1, -0.05) is 0 Å². The third-order valence-corrected chi connectivity index (χ3v) is 9.53. The molecule has 28 heavy (non-hydrogen) atoms. The van der Waals surface area contributed by atoms with Gasteiger partial charge in [-0.25, -0.2) is 0 Å². The molecule has 3 aliphatic rings. The molecule has 0 aliphatic carbocycles.